The Bertz CT molecular complexity index is 657. The van der Waals surface area contributed by atoms with Gasteiger partial charge in [0.25, 0.3) is 5.52 Å². The number of aliphatic hydroxyl groups excluding tert-OH is 1. The van der Waals surface area contributed by atoms with Gasteiger partial charge in [-0.1, -0.05) is 11.6 Å². The monoisotopic (exact) mass is 324 g/mol. The third-order valence-corrected chi connectivity index (χ3v) is 4.84. The number of halogens is 1. The van der Waals surface area contributed by atoms with Gasteiger partial charge in [-0.25, -0.2) is 4.98 Å². The number of hydrogen-bond acceptors (Lipinski definition) is 2. The molecule has 22 heavy (non-hydrogen) atoms. The predicted octanol–water partition coefficient (Wildman–Crippen LogP) is -1.71. The molecule has 0 aliphatic carbocycles. The number of H-pyrrole nitrogens is 1. The summed E-state index contributed by atoms with van der Waals surface area (Å²) in [6.07, 6.45) is 1.80. The zero-order valence-corrected chi connectivity index (χ0v) is 13.3. The second-order valence-corrected chi connectivity index (χ2v) is 6.38. The van der Waals surface area contributed by atoms with Gasteiger partial charge in [-0.2, -0.15) is 0 Å². The number of piperazine rings is 1. The maximum atomic E-state index is 10.5. The molecule has 1 aromatic carbocycles. The molecule has 0 saturated carbocycles. The van der Waals surface area contributed by atoms with Gasteiger partial charge >= 0.3 is 0 Å². The standard InChI is InChI=1S/C16H20ClN3O2/c17-14-10-12(16(22)15-13(14)2-1-3-18-15)11-20-6-4-19(5-7-20)8-9-21/h1-3,10,21-22H,4-9,11H2/p+3. The first kappa shape index (κ1) is 15.5. The SMILES string of the molecule is OCC[NH+]1CC[NH+](Cc2cc(Cl)c3ccc[nH+]c3c2O)CC1. The van der Waals surface area contributed by atoms with Gasteiger partial charge in [-0.15, -0.1) is 0 Å². The van der Waals surface area contributed by atoms with E-state index in [9.17, 15) is 5.11 Å². The molecule has 5 N–H and O–H groups in total. The third-order valence-electron chi connectivity index (χ3n) is 4.53. The number of aromatic nitrogens is 1. The molecule has 5 nitrogen and oxygen atoms in total. The lowest BCUT2D eigenvalue weighted by atomic mass is 10.1. The van der Waals surface area contributed by atoms with Gasteiger partial charge in [0.15, 0.2) is 11.9 Å². The molecule has 0 spiro atoms. The van der Waals surface area contributed by atoms with Gasteiger partial charge in [-0.3, -0.25) is 0 Å². The Morgan fingerprint density at radius 1 is 1.18 bits per heavy atom. The number of phenolic OH excluding ortho intramolecular Hbond substituents is 1. The molecule has 1 saturated heterocycles. The summed E-state index contributed by atoms with van der Waals surface area (Å²) in [4.78, 5) is 5.99. The average Bonchev–Trinajstić information content (AvgIpc) is 2.54. The number of nitrogens with one attached hydrogen (secondary N) is 3. The van der Waals surface area contributed by atoms with Crippen LogP contribution < -0.4 is 14.8 Å². The van der Waals surface area contributed by atoms with Crippen LogP contribution in [-0.2, 0) is 6.54 Å². The number of quaternary nitrogens is 2. The third kappa shape index (κ3) is 3.17. The van der Waals surface area contributed by atoms with Crippen molar-refractivity contribution in [3.05, 3.63) is 35.0 Å². The van der Waals surface area contributed by atoms with E-state index < -0.39 is 0 Å². The molecular formula is C16H23ClN3O2+3. The van der Waals surface area contributed by atoms with Crippen LogP contribution in [0.2, 0.25) is 5.02 Å². The molecular weight excluding hydrogens is 302 g/mol. The van der Waals surface area contributed by atoms with Crippen LogP contribution >= 0.6 is 11.6 Å². The van der Waals surface area contributed by atoms with Crippen molar-refractivity contribution in [1.29, 1.82) is 0 Å². The summed E-state index contributed by atoms with van der Waals surface area (Å²) in [6.45, 7) is 6.06. The fraction of sp³-hybridized carbons (Fsp3) is 0.438. The number of aromatic amines is 1. The summed E-state index contributed by atoms with van der Waals surface area (Å²) in [5.41, 5.74) is 1.59. The number of aromatic hydroxyl groups is 1. The number of phenols is 1. The highest BCUT2D eigenvalue weighted by Gasteiger charge is 2.25. The molecule has 0 atom stereocenters. The number of pyridine rings is 1. The Labute approximate surface area is 134 Å². The minimum absolute atomic E-state index is 0.252. The lowest BCUT2D eigenvalue weighted by Crippen LogP contribution is -3.27. The normalized spacial score (nSPS) is 22.1. The Hall–Kier alpha value is -1.40. The molecule has 0 bridgehead atoms. The summed E-state index contributed by atoms with van der Waals surface area (Å²) >= 11 is 6.34. The summed E-state index contributed by atoms with van der Waals surface area (Å²) in [7, 11) is 0. The van der Waals surface area contributed by atoms with E-state index >= 15 is 0 Å². The highest BCUT2D eigenvalue weighted by molar-refractivity contribution is 6.35. The van der Waals surface area contributed by atoms with E-state index in [0.717, 1.165) is 50.2 Å². The topological polar surface area (TPSA) is 63.5 Å². The van der Waals surface area contributed by atoms with E-state index in [2.05, 4.69) is 4.98 Å². The Kier molecular flexibility index (Phi) is 4.78. The van der Waals surface area contributed by atoms with Crippen LogP contribution in [0.5, 0.6) is 5.75 Å². The average molecular weight is 325 g/mol. The first-order valence-corrected chi connectivity index (χ1v) is 8.15. The first-order chi connectivity index (χ1) is 10.7. The Balaban J connectivity index is 1.76. The van der Waals surface area contributed by atoms with Crippen molar-refractivity contribution in [2.45, 2.75) is 6.54 Å². The summed E-state index contributed by atoms with van der Waals surface area (Å²) < 4.78 is 0. The maximum Gasteiger partial charge on any atom is 0.255 e. The summed E-state index contributed by atoms with van der Waals surface area (Å²) in [5, 5.41) is 21.0. The molecule has 2 heterocycles. The van der Waals surface area contributed by atoms with Crippen molar-refractivity contribution in [3.63, 3.8) is 0 Å². The highest BCUT2D eigenvalue weighted by Crippen LogP contribution is 2.30. The van der Waals surface area contributed by atoms with Crippen molar-refractivity contribution in [2.24, 2.45) is 0 Å². The van der Waals surface area contributed by atoms with Crippen molar-refractivity contribution >= 4 is 22.5 Å². The van der Waals surface area contributed by atoms with E-state index in [-0.39, 0.29) is 6.61 Å². The van der Waals surface area contributed by atoms with E-state index in [4.69, 9.17) is 16.7 Å². The number of fused-ring (bicyclic) bond motifs is 1. The summed E-state index contributed by atoms with van der Waals surface area (Å²) in [6, 6.07) is 5.66. The second kappa shape index (κ2) is 6.79. The van der Waals surface area contributed by atoms with E-state index in [1.807, 2.05) is 18.2 Å². The number of hydrogen-bond donors (Lipinski definition) is 4. The highest BCUT2D eigenvalue weighted by atomic mass is 35.5. The van der Waals surface area contributed by atoms with Gasteiger partial charge in [0.05, 0.1) is 22.6 Å². The van der Waals surface area contributed by atoms with Crippen LogP contribution in [0.25, 0.3) is 10.9 Å². The van der Waals surface area contributed by atoms with E-state index in [1.54, 1.807) is 6.20 Å². The van der Waals surface area contributed by atoms with Gasteiger partial charge < -0.3 is 20.0 Å². The smallest absolute Gasteiger partial charge is 0.255 e. The van der Waals surface area contributed by atoms with Crippen molar-refractivity contribution in [3.8, 4) is 5.75 Å². The van der Waals surface area contributed by atoms with Crippen LogP contribution in [0.15, 0.2) is 24.4 Å². The summed E-state index contributed by atoms with van der Waals surface area (Å²) in [5.74, 6) is 0.303. The van der Waals surface area contributed by atoms with Crippen molar-refractivity contribution in [1.82, 2.24) is 0 Å². The zero-order chi connectivity index (χ0) is 15.5. The van der Waals surface area contributed by atoms with Crippen molar-refractivity contribution < 1.29 is 25.0 Å². The molecule has 118 valence electrons. The Morgan fingerprint density at radius 3 is 2.64 bits per heavy atom. The van der Waals surface area contributed by atoms with Crippen LogP contribution in [0.3, 0.4) is 0 Å². The number of benzene rings is 1. The molecule has 3 rings (SSSR count). The van der Waals surface area contributed by atoms with Crippen molar-refractivity contribution in [2.75, 3.05) is 39.3 Å². The predicted molar refractivity (Wildman–Crippen MR) is 84.2 cm³/mol. The van der Waals surface area contributed by atoms with Crippen LogP contribution in [0.1, 0.15) is 5.56 Å². The first-order valence-electron chi connectivity index (χ1n) is 7.78. The lowest BCUT2D eigenvalue weighted by molar-refractivity contribution is -1.02. The van der Waals surface area contributed by atoms with Gasteiger partial charge in [0.1, 0.15) is 39.3 Å². The molecule has 0 radical (unpaired) electrons. The van der Waals surface area contributed by atoms with Gasteiger partial charge in [0.2, 0.25) is 0 Å². The fourth-order valence-electron chi connectivity index (χ4n) is 3.24. The molecule has 2 aromatic rings. The number of rotatable bonds is 4. The van der Waals surface area contributed by atoms with Crippen LogP contribution in [0, 0.1) is 0 Å². The molecule has 6 heteroatoms. The van der Waals surface area contributed by atoms with E-state index in [1.165, 1.54) is 9.80 Å². The molecule has 0 unspecified atom stereocenters. The minimum Gasteiger partial charge on any atom is -0.502 e. The fourth-order valence-corrected chi connectivity index (χ4v) is 3.53. The van der Waals surface area contributed by atoms with Gasteiger partial charge in [0, 0.05) is 6.07 Å². The van der Waals surface area contributed by atoms with Gasteiger partial charge in [-0.05, 0) is 12.1 Å². The van der Waals surface area contributed by atoms with Crippen LogP contribution in [0.4, 0.5) is 0 Å². The zero-order valence-electron chi connectivity index (χ0n) is 12.5. The molecule has 0 amide bonds. The Morgan fingerprint density at radius 2 is 1.91 bits per heavy atom. The number of aliphatic hydroxyl groups is 1. The lowest BCUT2D eigenvalue weighted by Gasteiger charge is -2.29. The molecule has 1 aliphatic heterocycles. The largest absolute Gasteiger partial charge is 0.502 e. The van der Waals surface area contributed by atoms with Crippen LogP contribution in [-0.4, -0.2) is 49.5 Å². The maximum absolute atomic E-state index is 10.5. The van der Waals surface area contributed by atoms with E-state index in [0.29, 0.717) is 16.3 Å². The second-order valence-electron chi connectivity index (χ2n) is 5.98. The minimum atomic E-state index is 0.252. The molecule has 1 aromatic heterocycles. The quantitative estimate of drug-likeness (QED) is 0.541. The molecule has 1 aliphatic rings. The molecule has 1 fully saturated rings.